The van der Waals surface area contributed by atoms with Crippen molar-refractivity contribution in [2.75, 3.05) is 24.7 Å². The van der Waals surface area contributed by atoms with Gasteiger partial charge in [-0.15, -0.1) is 0 Å². The van der Waals surface area contributed by atoms with Crippen molar-refractivity contribution < 1.29 is 18.6 Å². The van der Waals surface area contributed by atoms with Gasteiger partial charge < -0.3 is 10.2 Å². The van der Waals surface area contributed by atoms with E-state index in [1.54, 1.807) is 0 Å². The fraction of sp³-hybridized carbons (Fsp3) is 0.571. The summed E-state index contributed by atoms with van der Waals surface area (Å²) in [6, 6.07) is 7.52. The third kappa shape index (κ3) is 3.79. The van der Waals surface area contributed by atoms with Crippen LogP contribution in [0.4, 0.5) is 0 Å². The molecule has 20 heavy (non-hydrogen) atoms. The minimum Gasteiger partial charge on any atom is -0.395 e. The molecule has 0 aromatic heterocycles. The van der Waals surface area contributed by atoms with E-state index in [1.165, 1.54) is 0 Å². The fourth-order valence-corrected chi connectivity index (χ4v) is 4.41. The number of aliphatic hydroxyl groups is 2. The highest BCUT2D eigenvalue weighted by Gasteiger charge is 2.39. The maximum Gasteiger partial charge on any atom is 0.154 e. The van der Waals surface area contributed by atoms with Crippen LogP contribution >= 0.6 is 0 Å². The van der Waals surface area contributed by atoms with Crippen LogP contribution in [0.25, 0.3) is 0 Å². The zero-order valence-electron chi connectivity index (χ0n) is 11.6. The van der Waals surface area contributed by atoms with Gasteiger partial charge in [-0.25, -0.2) is 8.42 Å². The molecule has 0 aliphatic carbocycles. The van der Waals surface area contributed by atoms with Crippen LogP contribution in [-0.4, -0.2) is 60.3 Å². The summed E-state index contributed by atoms with van der Waals surface area (Å²) in [6.45, 7) is 2.82. The van der Waals surface area contributed by atoms with Crippen molar-refractivity contribution in [1.29, 1.82) is 0 Å². The van der Waals surface area contributed by atoms with Crippen LogP contribution in [0.5, 0.6) is 0 Å². The van der Waals surface area contributed by atoms with Crippen LogP contribution < -0.4 is 0 Å². The van der Waals surface area contributed by atoms with Gasteiger partial charge in [0.15, 0.2) is 9.84 Å². The van der Waals surface area contributed by atoms with Crippen molar-refractivity contribution >= 4 is 9.84 Å². The van der Waals surface area contributed by atoms with E-state index in [-0.39, 0.29) is 18.1 Å². The lowest BCUT2D eigenvalue weighted by molar-refractivity contribution is 0.0655. The quantitative estimate of drug-likeness (QED) is 0.797. The smallest absolute Gasteiger partial charge is 0.154 e. The summed E-state index contributed by atoms with van der Waals surface area (Å²) in [6.07, 6.45) is -0.878. The summed E-state index contributed by atoms with van der Waals surface area (Å²) >= 11 is 0. The van der Waals surface area contributed by atoms with Gasteiger partial charge in [0, 0.05) is 13.1 Å². The molecule has 2 rings (SSSR count). The number of hydrogen-bond acceptors (Lipinski definition) is 5. The molecule has 1 aromatic carbocycles. The molecule has 0 radical (unpaired) electrons. The molecule has 112 valence electrons. The van der Waals surface area contributed by atoms with Crippen LogP contribution in [0.1, 0.15) is 11.1 Å². The van der Waals surface area contributed by atoms with E-state index < -0.39 is 22.0 Å². The molecule has 0 spiro atoms. The van der Waals surface area contributed by atoms with E-state index in [2.05, 4.69) is 0 Å². The van der Waals surface area contributed by atoms with Crippen LogP contribution in [0.3, 0.4) is 0 Å². The first kappa shape index (κ1) is 15.4. The van der Waals surface area contributed by atoms with Crippen molar-refractivity contribution in [2.24, 2.45) is 0 Å². The molecule has 5 nitrogen and oxygen atoms in total. The Hall–Kier alpha value is -0.950. The number of rotatable bonds is 5. The van der Waals surface area contributed by atoms with Crippen LogP contribution in [-0.2, 0) is 16.4 Å². The summed E-state index contributed by atoms with van der Waals surface area (Å²) in [5.74, 6) is -0.229. The van der Waals surface area contributed by atoms with Gasteiger partial charge in [-0.2, -0.15) is 0 Å². The number of hydrogen-bond donors (Lipinski definition) is 2. The topological polar surface area (TPSA) is 77.8 Å². The summed E-state index contributed by atoms with van der Waals surface area (Å²) in [5, 5.41) is 19.1. The van der Waals surface area contributed by atoms with Crippen LogP contribution in [0.15, 0.2) is 24.3 Å². The molecule has 0 bridgehead atoms. The molecule has 1 aliphatic rings. The second-order valence-electron chi connectivity index (χ2n) is 5.39. The molecule has 0 saturated carbocycles. The highest BCUT2D eigenvalue weighted by atomic mass is 32.2. The van der Waals surface area contributed by atoms with E-state index >= 15 is 0 Å². The minimum atomic E-state index is -3.18. The monoisotopic (exact) mass is 299 g/mol. The number of benzene rings is 1. The second-order valence-corrected chi connectivity index (χ2v) is 7.55. The molecule has 2 N–H and O–H groups in total. The van der Waals surface area contributed by atoms with E-state index in [9.17, 15) is 13.5 Å². The zero-order chi connectivity index (χ0) is 14.8. The Kier molecular flexibility index (Phi) is 4.80. The van der Waals surface area contributed by atoms with Crippen molar-refractivity contribution in [1.82, 2.24) is 4.90 Å². The zero-order valence-corrected chi connectivity index (χ0v) is 12.4. The van der Waals surface area contributed by atoms with Crippen molar-refractivity contribution in [3.05, 3.63) is 35.4 Å². The van der Waals surface area contributed by atoms with Crippen molar-refractivity contribution in [3.63, 3.8) is 0 Å². The average Bonchev–Trinajstić information content (AvgIpc) is 2.65. The van der Waals surface area contributed by atoms with Gasteiger partial charge in [0.05, 0.1) is 30.3 Å². The molecule has 1 aromatic rings. The molecule has 0 amide bonds. The van der Waals surface area contributed by atoms with Gasteiger partial charge in [-0.05, 0) is 12.5 Å². The lowest BCUT2D eigenvalue weighted by atomic mass is 10.1. The van der Waals surface area contributed by atoms with Crippen LogP contribution in [0.2, 0.25) is 0 Å². The van der Waals surface area contributed by atoms with Crippen molar-refractivity contribution in [3.8, 4) is 0 Å². The second kappa shape index (κ2) is 6.22. The fourth-order valence-electron chi connectivity index (χ4n) is 2.58. The van der Waals surface area contributed by atoms with Gasteiger partial charge in [-0.3, -0.25) is 4.90 Å². The predicted molar refractivity (Wildman–Crippen MR) is 77.1 cm³/mol. The first-order chi connectivity index (χ1) is 9.41. The number of aliphatic hydroxyl groups excluding tert-OH is 2. The maximum absolute atomic E-state index is 11.6. The summed E-state index contributed by atoms with van der Waals surface area (Å²) in [5.41, 5.74) is 2.20. The highest BCUT2D eigenvalue weighted by molar-refractivity contribution is 7.91. The molecule has 0 unspecified atom stereocenters. The number of aryl methyl sites for hydroxylation is 1. The number of nitrogens with zero attached hydrogens (tertiary/aromatic N) is 1. The van der Waals surface area contributed by atoms with Crippen molar-refractivity contribution in [2.45, 2.75) is 25.6 Å². The number of sulfone groups is 1. The third-order valence-electron chi connectivity index (χ3n) is 3.66. The van der Waals surface area contributed by atoms with E-state index in [0.29, 0.717) is 13.1 Å². The Morgan fingerprint density at radius 3 is 2.40 bits per heavy atom. The lowest BCUT2D eigenvalue weighted by Crippen LogP contribution is -2.44. The Morgan fingerprint density at radius 1 is 1.25 bits per heavy atom. The first-order valence-electron chi connectivity index (χ1n) is 6.70. The standard InChI is InChI=1S/C14H21NO4S/c1-11-2-4-12(5-3-11)8-15(6-7-16)13-9-20(18,19)10-14(13)17/h2-5,13-14,16-17H,6-10H2,1H3/t13-,14-/m1/s1. The van der Waals surface area contributed by atoms with Gasteiger partial charge >= 0.3 is 0 Å². The lowest BCUT2D eigenvalue weighted by Gasteiger charge is -2.29. The largest absolute Gasteiger partial charge is 0.395 e. The van der Waals surface area contributed by atoms with E-state index in [0.717, 1.165) is 11.1 Å². The van der Waals surface area contributed by atoms with Gasteiger partial charge in [0.2, 0.25) is 0 Å². The SMILES string of the molecule is Cc1ccc(CN(CCO)[C@@H]2CS(=O)(=O)C[C@H]2O)cc1. The van der Waals surface area contributed by atoms with E-state index in [4.69, 9.17) is 5.11 Å². The molecule has 6 heteroatoms. The maximum atomic E-state index is 11.6. The van der Waals surface area contributed by atoms with Gasteiger partial charge in [0.1, 0.15) is 0 Å². The molecular weight excluding hydrogens is 278 g/mol. The van der Waals surface area contributed by atoms with Gasteiger partial charge in [-0.1, -0.05) is 29.8 Å². The Labute approximate surface area is 119 Å². The molecule has 1 fully saturated rings. The minimum absolute atomic E-state index is 0.0416. The summed E-state index contributed by atoms with van der Waals surface area (Å²) in [4.78, 5) is 1.85. The Bertz CT molecular complexity index is 541. The van der Waals surface area contributed by atoms with Crippen LogP contribution in [0, 0.1) is 6.92 Å². The summed E-state index contributed by atoms with van der Waals surface area (Å²) in [7, 11) is -3.18. The third-order valence-corrected chi connectivity index (χ3v) is 5.35. The average molecular weight is 299 g/mol. The summed E-state index contributed by atoms with van der Waals surface area (Å²) < 4.78 is 23.2. The normalized spacial score (nSPS) is 25.2. The van der Waals surface area contributed by atoms with Gasteiger partial charge in [0.25, 0.3) is 0 Å². The highest BCUT2D eigenvalue weighted by Crippen LogP contribution is 2.20. The van der Waals surface area contributed by atoms with E-state index in [1.807, 2.05) is 36.1 Å². The molecule has 2 atom stereocenters. The molecule has 1 heterocycles. The predicted octanol–water partition coefficient (Wildman–Crippen LogP) is -0.0528. The first-order valence-corrected chi connectivity index (χ1v) is 8.52. The molecule has 1 aliphatic heterocycles. The Morgan fingerprint density at radius 2 is 1.90 bits per heavy atom. The Balaban J connectivity index is 2.13. The molecular formula is C14H21NO4S. The molecule has 1 saturated heterocycles.